The summed E-state index contributed by atoms with van der Waals surface area (Å²) in [6, 6.07) is 8.18. The van der Waals surface area contributed by atoms with E-state index in [2.05, 4.69) is 26.0 Å². The van der Waals surface area contributed by atoms with E-state index in [9.17, 15) is 4.79 Å². The zero-order chi connectivity index (χ0) is 21.2. The third kappa shape index (κ3) is 7.13. The average molecular weight is 413 g/mol. The van der Waals surface area contributed by atoms with Crippen LogP contribution in [0.5, 0.6) is 5.75 Å². The Hall–Kier alpha value is -1.31. The number of unbranched alkanes of at least 4 members (excludes halogenated alkanes) is 3. The number of aryl methyl sites for hydroxylation is 1. The van der Waals surface area contributed by atoms with Crippen molar-refractivity contribution in [3.8, 4) is 5.75 Å². The third-order valence-corrected chi connectivity index (χ3v) is 7.84. The lowest BCUT2D eigenvalue weighted by Gasteiger charge is -2.37. The largest absolute Gasteiger partial charge is 0.426 e. The highest BCUT2D eigenvalue weighted by atomic mass is 16.5. The Kier molecular flexibility index (Phi) is 9.75. The van der Waals surface area contributed by atoms with E-state index in [1.807, 2.05) is 12.1 Å². The summed E-state index contributed by atoms with van der Waals surface area (Å²) in [6.45, 7) is 4.54. The smallest absolute Gasteiger partial charge is 0.314 e. The highest BCUT2D eigenvalue weighted by Crippen LogP contribution is 2.42. The molecule has 0 aromatic heterocycles. The molecule has 0 radical (unpaired) electrons. The molecule has 0 heterocycles. The Morgan fingerprint density at radius 3 is 2.00 bits per heavy atom. The second-order valence-corrected chi connectivity index (χ2v) is 10.1. The number of esters is 1. The van der Waals surface area contributed by atoms with Crippen molar-refractivity contribution in [3.05, 3.63) is 29.8 Å². The van der Waals surface area contributed by atoms with Crippen LogP contribution in [0.3, 0.4) is 0 Å². The second-order valence-electron chi connectivity index (χ2n) is 10.1. The van der Waals surface area contributed by atoms with E-state index in [0.29, 0.717) is 5.75 Å². The van der Waals surface area contributed by atoms with E-state index < -0.39 is 0 Å². The molecule has 0 aliphatic heterocycles. The van der Waals surface area contributed by atoms with Crippen molar-refractivity contribution in [2.45, 2.75) is 110 Å². The number of hydrogen-bond donors (Lipinski definition) is 0. The van der Waals surface area contributed by atoms with Crippen LogP contribution in [0.15, 0.2) is 24.3 Å². The summed E-state index contributed by atoms with van der Waals surface area (Å²) in [7, 11) is 0. The van der Waals surface area contributed by atoms with Gasteiger partial charge in [0.1, 0.15) is 5.75 Å². The lowest BCUT2D eigenvalue weighted by Crippen LogP contribution is -2.30. The van der Waals surface area contributed by atoms with Crippen molar-refractivity contribution in [2.24, 2.45) is 23.7 Å². The molecule has 3 rings (SSSR count). The molecule has 1 aromatic carbocycles. The van der Waals surface area contributed by atoms with Crippen LogP contribution in [-0.4, -0.2) is 5.97 Å². The summed E-state index contributed by atoms with van der Waals surface area (Å²) < 4.78 is 5.73. The number of hydrogen-bond acceptors (Lipinski definition) is 2. The first kappa shape index (κ1) is 23.4. The minimum atomic E-state index is -0.00421. The van der Waals surface area contributed by atoms with Crippen molar-refractivity contribution >= 4 is 5.97 Å². The number of benzene rings is 1. The summed E-state index contributed by atoms with van der Waals surface area (Å²) in [6.07, 6.45) is 19.3. The van der Waals surface area contributed by atoms with Gasteiger partial charge >= 0.3 is 5.97 Å². The van der Waals surface area contributed by atoms with Gasteiger partial charge in [-0.3, -0.25) is 4.79 Å². The Morgan fingerprint density at radius 1 is 0.800 bits per heavy atom. The van der Waals surface area contributed by atoms with Crippen LogP contribution >= 0.6 is 0 Å². The number of rotatable bonds is 10. The van der Waals surface area contributed by atoms with Gasteiger partial charge in [-0.25, -0.2) is 0 Å². The molecule has 168 valence electrons. The van der Waals surface area contributed by atoms with Gasteiger partial charge in [-0.05, 0) is 86.8 Å². The molecule has 30 heavy (non-hydrogen) atoms. The predicted octanol–water partition coefficient (Wildman–Crippen LogP) is 8.13. The lowest BCUT2D eigenvalue weighted by atomic mass is 9.68. The third-order valence-electron chi connectivity index (χ3n) is 7.84. The maximum atomic E-state index is 12.7. The van der Waals surface area contributed by atoms with Crippen LogP contribution < -0.4 is 4.74 Å². The molecule has 2 heteroatoms. The zero-order valence-electron chi connectivity index (χ0n) is 19.5. The molecule has 2 aliphatic carbocycles. The van der Waals surface area contributed by atoms with Crippen molar-refractivity contribution < 1.29 is 9.53 Å². The average Bonchev–Trinajstić information content (AvgIpc) is 2.79. The molecule has 1 aromatic rings. The van der Waals surface area contributed by atoms with Crippen LogP contribution in [-0.2, 0) is 11.2 Å². The van der Waals surface area contributed by atoms with Gasteiger partial charge in [0.15, 0.2) is 0 Å². The Morgan fingerprint density at radius 2 is 1.40 bits per heavy atom. The molecule has 0 N–H and O–H groups in total. The van der Waals surface area contributed by atoms with E-state index in [1.165, 1.54) is 82.6 Å². The first-order valence-electron chi connectivity index (χ1n) is 13.0. The standard InChI is InChI=1S/C28H44O2/c1-3-5-7-9-23-12-20-27(21-13-23)30-28(29)26-18-16-25(17-19-26)24-14-10-22(11-15-24)8-6-4-2/h12-13,20-22,24-26H,3-11,14-19H2,1-2H3/t22-,24-,25-,26-. The number of ether oxygens (including phenoxy) is 1. The molecular weight excluding hydrogens is 368 g/mol. The molecule has 0 amide bonds. The van der Waals surface area contributed by atoms with Gasteiger partial charge < -0.3 is 4.74 Å². The molecule has 2 saturated carbocycles. The number of carbonyl (C=O) groups is 1. The van der Waals surface area contributed by atoms with Gasteiger partial charge in [0.2, 0.25) is 0 Å². The van der Waals surface area contributed by atoms with Crippen molar-refractivity contribution in [3.63, 3.8) is 0 Å². The minimum absolute atomic E-state index is 0.00421. The quantitative estimate of drug-likeness (QED) is 0.220. The fourth-order valence-corrected chi connectivity index (χ4v) is 5.77. The maximum Gasteiger partial charge on any atom is 0.314 e. The monoisotopic (exact) mass is 412 g/mol. The molecule has 0 spiro atoms. The second kappa shape index (κ2) is 12.5. The number of carbonyl (C=O) groups excluding carboxylic acids is 1. The molecule has 2 nitrogen and oxygen atoms in total. The summed E-state index contributed by atoms with van der Waals surface area (Å²) in [5, 5.41) is 0. The minimum Gasteiger partial charge on any atom is -0.426 e. The van der Waals surface area contributed by atoms with E-state index in [0.717, 1.165) is 37.0 Å². The lowest BCUT2D eigenvalue weighted by molar-refractivity contribution is -0.140. The van der Waals surface area contributed by atoms with E-state index in [-0.39, 0.29) is 11.9 Å². The fourth-order valence-electron chi connectivity index (χ4n) is 5.77. The summed E-state index contributed by atoms with van der Waals surface area (Å²) in [4.78, 5) is 12.7. The maximum absolute atomic E-state index is 12.7. The highest BCUT2D eigenvalue weighted by molar-refractivity contribution is 5.75. The van der Waals surface area contributed by atoms with Crippen molar-refractivity contribution in [1.82, 2.24) is 0 Å². The Balaban J connectivity index is 1.37. The zero-order valence-corrected chi connectivity index (χ0v) is 19.5. The predicted molar refractivity (Wildman–Crippen MR) is 126 cm³/mol. The van der Waals surface area contributed by atoms with Crippen LogP contribution in [0.1, 0.15) is 109 Å². The SMILES string of the molecule is CCCCCc1ccc(OC(=O)[C@H]2CC[C@H]([C@H]3CC[C@H](CCCC)CC3)CC2)cc1. The van der Waals surface area contributed by atoms with Crippen LogP contribution in [0.4, 0.5) is 0 Å². The molecule has 0 bridgehead atoms. The normalized spacial score (nSPS) is 27.0. The highest BCUT2D eigenvalue weighted by Gasteiger charge is 2.33. The van der Waals surface area contributed by atoms with E-state index in [1.54, 1.807) is 0 Å². The first-order chi connectivity index (χ1) is 14.7. The van der Waals surface area contributed by atoms with Gasteiger partial charge in [-0.15, -0.1) is 0 Å². The van der Waals surface area contributed by atoms with Crippen LogP contribution in [0.25, 0.3) is 0 Å². The molecule has 2 aliphatic rings. The van der Waals surface area contributed by atoms with Crippen molar-refractivity contribution in [2.75, 3.05) is 0 Å². The topological polar surface area (TPSA) is 26.3 Å². The van der Waals surface area contributed by atoms with Gasteiger partial charge in [-0.1, -0.05) is 70.9 Å². The van der Waals surface area contributed by atoms with Gasteiger partial charge in [0, 0.05) is 0 Å². The molecule has 0 saturated heterocycles. The molecule has 0 atom stereocenters. The first-order valence-corrected chi connectivity index (χ1v) is 13.0. The van der Waals surface area contributed by atoms with E-state index in [4.69, 9.17) is 4.74 Å². The van der Waals surface area contributed by atoms with Gasteiger partial charge in [-0.2, -0.15) is 0 Å². The summed E-state index contributed by atoms with van der Waals surface area (Å²) >= 11 is 0. The van der Waals surface area contributed by atoms with E-state index >= 15 is 0 Å². The summed E-state index contributed by atoms with van der Waals surface area (Å²) in [5.74, 6) is 3.57. The molecule has 0 unspecified atom stereocenters. The van der Waals surface area contributed by atoms with Gasteiger partial charge in [0.25, 0.3) is 0 Å². The molecular formula is C28H44O2. The van der Waals surface area contributed by atoms with Crippen LogP contribution in [0, 0.1) is 23.7 Å². The Labute approximate surface area is 185 Å². The molecule has 2 fully saturated rings. The van der Waals surface area contributed by atoms with Crippen LogP contribution in [0.2, 0.25) is 0 Å². The Bertz CT molecular complexity index is 604. The summed E-state index contributed by atoms with van der Waals surface area (Å²) in [5.41, 5.74) is 1.34. The fraction of sp³-hybridized carbons (Fsp3) is 0.750. The van der Waals surface area contributed by atoms with Gasteiger partial charge in [0.05, 0.1) is 5.92 Å². The van der Waals surface area contributed by atoms with Crippen molar-refractivity contribution in [1.29, 1.82) is 0 Å².